The summed E-state index contributed by atoms with van der Waals surface area (Å²) in [6, 6.07) is 1.85. The van der Waals surface area contributed by atoms with Crippen molar-refractivity contribution in [2.75, 3.05) is 33.5 Å². The van der Waals surface area contributed by atoms with Gasteiger partial charge in [-0.2, -0.15) is 5.26 Å². The lowest BCUT2D eigenvalue weighted by Gasteiger charge is -2.36. The molecule has 1 saturated heterocycles. The maximum absolute atomic E-state index is 12.2. The van der Waals surface area contributed by atoms with E-state index in [-0.39, 0.29) is 44.9 Å². The molecular weight excluding hydrogens is 340 g/mol. The van der Waals surface area contributed by atoms with E-state index in [0.717, 1.165) is 24.2 Å². The Bertz CT molecular complexity index is 512. The van der Waals surface area contributed by atoms with Gasteiger partial charge in [-0.1, -0.05) is 6.08 Å². The molecule has 0 radical (unpaired) electrons. The zero-order valence-corrected chi connectivity index (χ0v) is 15.3. The zero-order chi connectivity index (χ0) is 19.4. The molecule has 0 bridgehead atoms. The van der Waals surface area contributed by atoms with E-state index in [1.54, 1.807) is 6.08 Å². The SMILES string of the molecule is C=CCCC(=O)N(C)C(CC#N)(COCCOC1CCCCO1)C(=O)O. The van der Waals surface area contributed by atoms with Gasteiger partial charge in [0, 0.05) is 20.1 Å². The van der Waals surface area contributed by atoms with Gasteiger partial charge in [0.25, 0.3) is 0 Å². The number of allylic oxidation sites excluding steroid dienone is 1. The molecule has 8 nitrogen and oxygen atoms in total. The molecule has 8 heteroatoms. The lowest BCUT2D eigenvalue weighted by molar-refractivity contribution is -0.175. The summed E-state index contributed by atoms with van der Waals surface area (Å²) < 4.78 is 16.4. The molecule has 1 aliphatic rings. The summed E-state index contributed by atoms with van der Waals surface area (Å²) in [5.41, 5.74) is -1.73. The Kier molecular flexibility index (Phi) is 9.88. The largest absolute Gasteiger partial charge is 0.479 e. The Morgan fingerprint density at radius 1 is 1.46 bits per heavy atom. The van der Waals surface area contributed by atoms with Crippen LogP contribution in [0, 0.1) is 11.3 Å². The number of ether oxygens (including phenoxy) is 3. The van der Waals surface area contributed by atoms with E-state index >= 15 is 0 Å². The van der Waals surface area contributed by atoms with Gasteiger partial charge >= 0.3 is 5.97 Å². The first-order valence-corrected chi connectivity index (χ1v) is 8.76. The summed E-state index contributed by atoms with van der Waals surface area (Å²) in [6.45, 7) is 4.33. The van der Waals surface area contributed by atoms with Crippen LogP contribution >= 0.6 is 0 Å². The highest BCUT2D eigenvalue weighted by Gasteiger charge is 2.45. The lowest BCUT2D eigenvalue weighted by Crippen LogP contribution is -2.58. The van der Waals surface area contributed by atoms with E-state index in [9.17, 15) is 14.7 Å². The van der Waals surface area contributed by atoms with E-state index in [0.29, 0.717) is 13.0 Å². The zero-order valence-electron chi connectivity index (χ0n) is 15.3. The standard InChI is InChI=1S/C18H28N2O6/c1-3-4-7-15(21)20(2)18(9-10-19,17(22)23)14-24-12-13-26-16-8-5-6-11-25-16/h3,16H,1,4-9,11-14H2,2H3,(H,22,23). The predicted molar refractivity (Wildman–Crippen MR) is 93.2 cm³/mol. The number of hydrogen-bond donors (Lipinski definition) is 1. The van der Waals surface area contributed by atoms with Gasteiger partial charge in [-0.05, 0) is 25.7 Å². The molecule has 0 aromatic carbocycles. The molecule has 2 unspecified atom stereocenters. The third-order valence-corrected chi connectivity index (χ3v) is 4.36. The van der Waals surface area contributed by atoms with E-state index < -0.39 is 11.5 Å². The second-order valence-electron chi connectivity index (χ2n) is 6.17. The molecule has 2 atom stereocenters. The van der Waals surface area contributed by atoms with Crippen LogP contribution in [0.3, 0.4) is 0 Å². The number of nitrogens with zero attached hydrogens (tertiary/aromatic N) is 2. The summed E-state index contributed by atoms with van der Waals surface area (Å²) in [5.74, 6) is -1.65. The molecule has 0 aliphatic carbocycles. The van der Waals surface area contributed by atoms with Gasteiger partial charge < -0.3 is 24.2 Å². The number of carboxylic acid groups (broad SMARTS) is 1. The third-order valence-electron chi connectivity index (χ3n) is 4.36. The van der Waals surface area contributed by atoms with Crippen molar-refractivity contribution in [2.45, 2.75) is 50.4 Å². The second-order valence-corrected chi connectivity index (χ2v) is 6.17. The van der Waals surface area contributed by atoms with Crippen LogP contribution in [-0.2, 0) is 23.8 Å². The molecule has 1 aliphatic heterocycles. The highest BCUT2D eigenvalue weighted by Crippen LogP contribution is 2.21. The minimum atomic E-state index is -1.73. The molecule has 1 N–H and O–H groups in total. The molecule has 0 aromatic rings. The van der Waals surface area contributed by atoms with E-state index in [1.165, 1.54) is 7.05 Å². The summed E-state index contributed by atoms with van der Waals surface area (Å²) in [5, 5.41) is 18.7. The third kappa shape index (κ3) is 6.41. The molecule has 0 aromatic heterocycles. The quantitative estimate of drug-likeness (QED) is 0.412. The fraction of sp³-hybridized carbons (Fsp3) is 0.722. The smallest absolute Gasteiger partial charge is 0.333 e. The van der Waals surface area contributed by atoms with Gasteiger partial charge in [-0.15, -0.1) is 6.58 Å². The molecule has 0 spiro atoms. The van der Waals surface area contributed by atoms with Crippen LogP contribution < -0.4 is 0 Å². The van der Waals surface area contributed by atoms with Crippen molar-refractivity contribution in [3.63, 3.8) is 0 Å². The van der Waals surface area contributed by atoms with Crippen LogP contribution in [-0.4, -0.2) is 67.2 Å². The van der Waals surface area contributed by atoms with Crippen molar-refractivity contribution in [3.8, 4) is 6.07 Å². The number of rotatable bonds is 12. The number of carbonyl (C=O) groups excluding carboxylic acids is 1. The molecule has 0 saturated carbocycles. The fourth-order valence-electron chi connectivity index (χ4n) is 2.63. The summed E-state index contributed by atoms with van der Waals surface area (Å²) >= 11 is 0. The van der Waals surface area contributed by atoms with E-state index in [4.69, 9.17) is 19.5 Å². The first-order chi connectivity index (χ1) is 12.5. The molecule has 1 amide bonds. The second kappa shape index (κ2) is 11.6. The highest BCUT2D eigenvalue weighted by molar-refractivity contribution is 5.87. The minimum absolute atomic E-state index is 0.128. The Balaban J connectivity index is 2.58. The van der Waals surface area contributed by atoms with Gasteiger partial charge in [0.2, 0.25) is 5.91 Å². The van der Waals surface area contributed by atoms with Crippen molar-refractivity contribution < 1.29 is 28.9 Å². The first-order valence-electron chi connectivity index (χ1n) is 8.76. The van der Waals surface area contributed by atoms with E-state index in [2.05, 4.69) is 6.58 Å². The average molecular weight is 368 g/mol. The predicted octanol–water partition coefficient (Wildman–Crippen LogP) is 1.71. The van der Waals surface area contributed by atoms with Crippen LogP contribution in [0.5, 0.6) is 0 Å². The maximum atomic E-state index is 12.2. The number of amides is 1. The van der Waals surface area contributed by atoms with Crippen LogP contribution in [0.25, 0.3) is 0 Å². The number of carboxylic acids is 1. The lowest BCUT2D eigenvalue weighted by atomic mass is 9.94. The van der Waals surface area contributed by atoms with Crippen molar-refractivity contribution >= 4 is 11.9 Å². The number of hydrogen-bond acceptors (Lipinski definition) is 6. The van der Waals surface area contributed by atoms with Gasteiger partial charge in [-0.3, -0.25) is 4.79 Å². The number of nitriles is 1. The fourth-order valence-corrected chi connectivity index (χ4v) is 2.63. The Morgan fingerprint density at radius 2 is 2.23 bits per heavy atom. The van der Waals surface area contributed by atoms with Crippen molar-refractivity contribution in [2.24, 2.45) is 0 Å². The first kappa shape index (κ1) is 22.1. The monoisotopic (exact) mass is 368 g/mol. The van der Waals surface area contributed by atoms with Crippen LogP contribution in [0.2, 0.25) is 0 Å². The van der Waals surface area contributed by atoms with Crippen LogP contribution in [0.4, 0.5) is 0 Å². The Labute approximate surface area is 154 Å². The molecule has 146 valence electrons. The molecular formula is C18H28N2O6. The summed E-state index contributed by atoms with van der Waals surface area (Å²) in [7, 11) is 1.38. The van der Waals surface area contributed by atoms with Crippen molar-refractivity contribution in [3.05, 3.63) is 12.7 Å². The van der Waals surface area contributed by atoms with E-state index in [1.807, 2.05) is 6.07 Å². The highest BCUT2D eigenvalue weighted by atomic mass is 16.7. The number of carbonyl (C=O) groups is 2. The topological polar surface area (TPSA) is 109 Å². The summed E-state index contributed by atoms with van der Waals surface area (Å²) in [6.07, 6.45) is 4.42. The van der Waals surface area contributed by atoms with Gasteiger partial charge in [0.1, 0.15) is 0 Å². The Morgan fingerprint density at radius 3 is 2.81 bits per heavy atom. The molecule has 1 rings (SSSR count). The van der Waals surface area contributed by atoms with Crippen molar-refractivity contribution in [1.82, 2.24) is 4.90 Å². The average Bonchev–Trinajstić information content (AvgIpc) is 2.65. The molecule has 1 heterocycles. The molecule has 1 fully saturated rings. The normalized spacial score (nSPS) is 19.2. The van der Waals surface area contributed by atoms with Gasteiger partial charge in [0.15, 0.2) is 11.8 Å². The number of likely N-dealkylation sites (N-methyl/N-ethyl adjacent to an activating group) is 1. The minimum Gasteiger partial charge on any atom is -0.479 e. The van der Waals surface area contributed by atoms with Crippen LogP contribution in [0.15, 0.2) is 12.7 Å². The summed E-state index contributed by atoms with van der Waals surface area (Å²) in [4.78, 5) is 25.2. The van der Waals surface area contributed by atoms with Gasteiger partial charge in [-0.25, -0.2) is 4.79 Å². The molecule has 26 heavy (non-hydrogen) atoms. The Hall–Kier alpha value is -1.95. The van der Waals surface area contributed by atoms with Crippen molar-refractivity contribution in [1.29, 1.82) is 5.26 Å². The number of aliphatic carboxylic acids is 1. The van der Waals surface area contributed by atoms with Gasteiger partial charge in [0.05, 0.1) is 32.3 Å². The van der Waals surface area contributed by atoms with Crippen LogP contribution in [0.1, 0.15) is 38.5 Å². The maximum Gasteiger partial charge on any atom is 0.333 e.